The largest absolute Gasteiger partial charge is 0.493 e. The molecule has 1 aromatic carbocycles. The molecule has 1 saturated carbocycles. The minimum atomic E-state index is 0.550. The molecule has 3 nitrogen and oxygen atoms in total. The molecule has 1 heterocycles. The number of alkyl halides is 1. The summed E-state index contributed by atoms with van der Waals surface area (Å²) in [5.74, 6) is 1.69. The van der Waals surface area contributed by atoms with Gasteiger partial charge in [0, 0.05) is 25.0 Å². The fourth-order valence-corrected chi connectivity index (χ4v) is 3.80. The first-order valence-corrected chi connectivity index (χ1v) is 8.34. The lowest BCUT2D eigenvalue weighted by molar-refractivity contribution is 0.212. The van der Waals surface area contributed by atoms with Crippen LogP contribution in [-0.2, 0) is 13.0 Å². The van der Waals surface area contributed by atoms with Crippen molar-refractivity contribution in [2.45, 2.75) is 25.8 Å². The second kappa shape index (κ2) is 5.57. The molecule has 0 saturated heterocycles. The predicted molar refractivity (Wildman–Crippen MR) is 84.0 cm³/mol. The third-order valence-corrected chi connectivity index (χ3v) is 5.79. The van der Waals surface area contributed by atoms with Crippen molar-refractivity contribution in [3.8, 4) is 11.5 Å². The van der Waals surface area contributed by atoms with E-state index in [-0.39, 0.29) is 0 Å². The molecule has 0 atom stereocenters. The van der Waals surface area contributed by atoms with Gasteiger partial charge in [-0.2, -0.15) is 0 Å². The molecule has 1 fully saturated rings. The van der Waals surface area contributed by atoms with Gasteiger partial charge in [0.25, 0.3) is 0 Å². The van der Waals surface area contributed by atoms with Crippen molar-refractivity contribution in [1.82, 2.24) is 4.90 Å². The van der Waals surface area contributed by atoms with Gasteiger partial charge in [-0.1, -0.05) is 15.9 Å². The van der Waals surface area contributed by atoms with E-state index in [1.54, 1.807) is 14.2 Å². The van der Waals surface area contributed by atoms with E-state index < -0.39 is 0 Å². The van der Waals surface area contributed by atoms with Gasteiger partial charge < -0.3 is 9.47 Å². The Bertz CT molecular complexity index is 499. The maximum atomic E-state index is 5.42. The lowest BCUT2D eigenvalue weighted by Gasteiger charge is -2.32. The number of methoxy groups -OCH3 is 2. The van der Waals surface area contributed by atoms with Crippen LogP contribution < -0.4 is 9.47 Å². The number of benzene rings is 1. The average molecular weight is 340 g/mol. The van der Waals surface area contributed by atoms with Crippen LogP contribution in [0.25, 0.3) is 0 Å². The Morgan fingerprint density at radius 3 is 2.35 bits per heavy atom. The smallest absolute Gasteiger partial charge is 0.161 e. The van der Waals surface area contributed by atoms with E-state index in [1.165, 1.54) is 30.5 Å². The number of hydrogen-bond donors (Lipinski definition) is 0. The van der Waals surface area contributed by atoms with Crippen LogP contribution in [0.3, 0.4) is 0 Å². The van der Waals surface area contributed by atoms with Gasteiger partial charge in [-0.15, -0.1) is 0 Å². The summed E-state index contributed by atoms with van der Waals surface area (Å²) in [7, 11) is 3.40. The van der Waals surface area contributed by atoms with E-state index in [2.05, 4.69) is 33.0 Å². The number of rotatable bonds is 5. The Kier molecular flexibility index (Phi) is 3.95. The maximum absolute atomic E-state index is 5.42. The maximum Gasteiger partial charge on any atom is 0.161 e. The predicted octanol–water partition coefficient (Wildman–Crippen LogP) is 3.24. The monoisotopic (exact) mass is 339 g/mol. The standard InChI is InChI=1S/C16H22BrNO2/c1-19-14-7-12-3-6-18(11-16(10-17)4-5-16)9-13(12)8-15(14)20-2/h7-8H,3-6,9-11H2,1-2H3. The first-order valence-electron chi connectivity index (χ1n) is 7.22. The molecule has 0 amide bonds. The van der Waals surface area contributed by atoms with Gasteiger partial charge in [-0.3, -0.25) is 4.90 Å². The second-order valence-corrected chi connectivity index (χ2v) is 6.63. The molecule has 1 aliphatic heterocycles. The molecule has 0 spiro atoms. The summed E-state index contributed by atoms with van der Waals surface area (Å²) in [6, 6.07) is 4.29. The quantitative estimate of drug-likeness (QED) is 0.768. The van der Waals surface area contributed by atoms with Crippen LogP contribution in [0.15, 0.2) is 12.1 Å². The van der Waals surface area contributed by atoms with Crippen LogP contribution in [0.2, 0.25) is 0 Å². The molecule has 1 aliphatic carbocycles. The molecule has 4 heteroatoms. The van der Waals surface area contributed by atoms with Gasteiger partial charge in [-0.25, -0.2) is 0 Å². The normalized spacial score (nSPS) is 20.4. The van der Waals surface area contributed by atoms with E-state index in [0.717, 1.165) is 36.3 Å². The molecular weight excluding hydrogens is 318 g/mol. The summed E-state index contributed by atoms with van der Waals surface area (Å²) in [6.07, 6.45) is 3.84. The summed E-state index contributed by atoms with van der Waals surface area (Å²) in [6.45, 7) is 3.40. The number of ether oxygens (including phenoxy) is 2. The minimum absolute atomic E-state index is 0.550. The minimum Gasteiger partial charge on any atom is -0.493 e. The lowest BCUT2D eigenvalue weighted by Crippen LogP contribution is -2.35. The summed E-state index contributed by atoms with van der Waals surface area (Å²) in [4.78, 5) is 2.59. The van der Waals surface area contributed by atoms with Gasteiger partial charge in [0.2, 0.25) is 0 Å². The zero-order valence-corrected chi connectivity index (χ0v) is 13.8. The molecule has 110 valence electrons. The fourth-order valence-electron chi connectivity index (χ4n) is 3.06. The molecule has 3 rings (SSSR count). The second-order valence-electron chi connectivity index (χ2n) is 6.07. The van der Waals surface area contributed by atoms with Crippen molar-refractivity contribution in [2.75, 3.05) is 32.6 Å². The average Bonchev–Trinajstić information content (AvgIpc) is 3.26. The van der Waals surface area contributed by atoms with Crippen LogP contribution in [0.4, 0.5) is 0 Å². The summed E-state index contributed by atoms with van der Waals surface area (Å²) in [5, 5.41) is 1.13. The van der Waals surface area contributed by atoms with E-state index in [9.17, 15) is 0 Å². The Morgan fingerprint density at radius 1 is 1.15 bits per heavy atom. The Labute approximate surface area is 129 Å². The summed E-state index contributed by atoms with van der Waals surface area (Å²) in [5.41, 5.74) is 3.34. The van der Waals surface area contributed by atoms with Crippen LogP contribution >= 0.6 is 15.9 Å². The SMILES string of the molecule is COc1cc2c(cc1OC)CN(CC1(CBr)CC1)CC2. The number of fused-ring (bicyclic) bond motifs is 1. The van der Waals surface area contributed by atoms with E-state index in [4.69, 9.17) is 9.47 Å². The highest BCUT2D eigenvalue weighted by Gasteiger charge is 2.43. The number of hydrogen-bond acceptors (Lipinski definition) is 3. The molecule has 20 heavy (non-hydrogen) atoms. The van der Waals surface area contributed by atoms with Crippen molar-refractivity contribution < 1.29 is 9.47 Å². The third-order valence-electron chi connectivity index (χ3n) is 4.60. The summed E-state index contributed by atoms with van der Waals surface area (Å²) < 4.78 is 10.8. The van der Waals surface area contributed by atoms with E-state index in [0.29, 0.717) is 5.41 Å². The first-order chi connectivity index (χ1) is 9.69. The zero-order chi connectivity index (χ0) is 14.2. The van der Waals surface area contributed by atoms with Crippen molar-refractivity contribution >= 4 is 15.9 Å². The van der Waals surface area contributed by atoms with E-state index in [1.807, 2.05) is 0 Å². The summed E-state index contributed by atoms with van der Waals surface area (Å²) >= 11 is 3.67. The van der Waals surface area contributed by atoms with Crippen LogP contribution in [-0.4, -0.2) is 37.5 Å². The Morgan fingerprint density at radius 2 is 1.80 bits per heavy atom. The molecule has 0 aromatic heterocycles. The van der Waals surface area contributed by atoms with Gasteiger partial charge in [-0.05, 0) is 47.9 Å². The molecule has 0 N–H and O–H groups in total. The lowest BCUT2D eigenvalue weighted by atomic mass is 9.97. The molecule has 1 aromatic rings. The third kappa shape index (κ3) is 2.68. The molecule has 0 bridgehead atoms. The van der Waals surface area contributed by atoms with Crippen LogP contribution in [0.5, 0.6) is 11.5 Å². The number of nitrogens with zero attached hydrogens (tertiary/aromatic N) is 1. The highest BCUT2D eigenvalue weighted by molar-refractivity contribution is 9.09. The topological polar surface area (TPSA) is 21.7 Å². The molecule has 0 radical (unpaired) electrons. The van der Waals surface area contributed by atoms with Gasteiger partial charge in [0.1, 0.15) is 0 Å². The highest BCUT2D eigenvalue weighted by Crippen LogP contribution is 2.48. The fraction of sp³-hybridized carbons (Fsp3) is 0.625. The molecular formula is C16H22BrNO2. The molecule has 2 aliphatic rings. The number of halogens is 1. The first kappa shape index (κ1) is 14.2. The van der Waals surface area contributed by atoms with Gasteiger partial charge >= 0.3 is 0 Å². The Balaban J connectivity index is 1.77. The van der Waals surface area contributed by atoms with Crippen molar-refractivity contribution in [3.05, 3.63) is 23.3 Å². The van der Waals surface area contributed by atoms with Gasteiger partial charge in [0.15, 0.2) is 11.5 Å². The van der Waals surface area contributed by atoms with Crippen molar-refractivity contribution in [3.63, 3.8) is 0 Å². The zero-order valence-electron chi connectivity index (χ0n) is 12.2. The van der Waals surface area contributed by atoms with E-state index >= 15 is 0 Å². The highest BCUT2D eigenvalue weighted by atomic mass is 79.9. The van der Waals surface area contributed by atoms with Crippen molar-refractivity contribution in [2.24, 2.45) is 5.41 Å². The van der Waals surface area contributed by atoms with Crippen molar-refractivity contribution in [1.29, 1.82) is 0 Å². The Hall–Kier alpha value is -0.740. The molecule has 0 unspecified atom stereocenters. The van der Waals surface area contributed by atoms with Crippen LogP contribution in [0.1, 0.15) is 24.0 Å². The van der Waals surface area contributed by atoms with Crippen LogP contribution in [0, 0.1) is 5.41 Å². The van der Waals surface area contributed by atoms with Gasteiger partial charge in [0.05, 0.1) is 14.2 Å².